The summed E-state index contributed by atoms with van der Waals surface area (Å²) in [5, 5.41) is 3.34. The van der Waals surface area contributed by atoms with E-state index in [9.17, 15) is 27.6 Å². The molecule has 0 saturated carbocycles. The zero-order valence-electron chi connectivity index (χ0n) is 19.9. The first kappa shape index (κ1) is 30.4. The molecule has 0 spiro atoms. The van der Waals surface area contributed by atoms with Gasteiger partial charge in [0.05, 0.1) is 5.56 Å². The van der Waals surface area contributed by atoms with Crippen LogP contribution >= 0.6 is 0 Å². The van der Waals surface area contributed by atoms with Crippen LogP contribution in [0.15, 0.2) is 24.3 Å². The standard InChI is InChI=1S/C15H19F3N2.C6H10BO6.Na/c16-15(17,18)13-4-2-1-3-12(13)9-19-14-10-20-7-5-11(14)6-8-20;1-4(8)11-7(12-5(2)9)13-6(3)10;/h1-4,11,14,19H,5-10H2;7H,1-3H3;/q;-1;+1. The number of carbonyl (C=O) groups excluding carboxylic acids is 3. The molecule has 8 nitrogen and oxygen atoms in total. The molecular formula is C21H29BF3N2NaO6. The summed E-state index contributed by atoms with van der Waals surface area (Å²) >= 11 is 0. The third kappa shape index (κ3) is 10.3. The van der Waals surface area contributed by atoms with Gasteiger partial charge in [0.1, 0.15) is 0 Å². The summed E-state index contributed by atoms with van der Waals surface area (Å²) in [5.41, 5.74) is -0.176. The van der Waals surface area contributed by atoms with Gasteiger partial charge in [-0.05, 0) is 43.5 Å². The number of carbonyl (C=O) groups is 3. The van der Waals surface area contributed by atoms with Crippen molar-refractivity contribution in [1.82, 2.24) is 10.2 Å². The Labute approximate surface area is 219 Å². The van der Waals surface area contributed by atoms with E-state index < -0.39 is 37.0 Å². The summed E-state index contributed by atoms with van der Waals surface area (Å²) in [6, 6.07) is 6.17. The molecule has 3 fully saturated rings. The summed E-state index contributed by atoms with van der Waals surface area (Å²) in [5.74, 6) is -1.41. The molecule has 1 aromatic rings. The Morgan fingerprint density at radius 1 is 1.00 bits per heavy atom. The van der Waals surface area contributed by atoms with Crippen LogP contribution in [0.25, 0.3) is 0 Å². The van der Waals surface area contributed by atoms with Crippen LogP contribution < -0.4 is 34.9 Å². The molecule has 0 radical (unpaired) electrons. The van der Waals surface area contributed by atoms with E-state index in [2.05, 4.69) is 24.2 Å². The van der Waals surface area contributed by atoms with Crippen molar-refractivity contribution >= 4 is 25.2 Å². The quantitative estimate of drug-likeness (QED) is 0.517. The number of fused-ring (bicyclic) bond motifs is 3. The number of piperidine rings is 3. The van der Waals surface area contributed by atoms with Crippen molar-refractivity contribution in [3.63, 3.8) is 0 Å². The Bertz CT molecular complexity index is 799. The molecular weight excluding hydrogens is 467 g/mol. The number of hydrogen-bond donors (Lipinski definition) is 1. The normalized spacial score (nSPS) is 21.0. The first-order valence-corrected chi connectivity index (χ1v) is 10.7. The SMILES string of the molecule is CC(=O)O[BH-](OC(C)=O)OC(C)=O.FC(F)(F)c1ccccc1CNC1CN2CCC1CC2.[Na+]. The Kier molecular flexibility index (Phi) is 12.6. The number of alkyl halides is 3. The van der Waals surface area contributed by atoms with Crippen LogP contribution in [-0.2, 0) is 41.1 Å². The van der Waals surface area contributed by atoms with Crippen LogP contribution in [0.4, 0.5) is 13.2 Å². The molecule has 3 heterocycles. The zero-order valence-corrected chi connectivity index (χ0v) is 21.9. The van der Waals surface area contributed by atoms with Gasteiger partial charge in [-0.1, -0.05) is 18.2 Å². The minimum atomic E-state index is -4.27. The minimum Gasteiger partial charge on any atom is -0.625 e. The maximum absolute atomic E-state index is 12.9. The van der Waals surface area contributed by atoms with Gasteiger partial charge in [-0.25, -0.2) is 0 Å². The maximum Gasteiger partial charge on any atom is 1.00 e. The molecule has 1 N–H and O–H groups in total. The van der Waals surface area contributed by atoms with E-state index in [1.54, 1.807) is 12.1 Å². The molecule has 0 aromatic heterocycles. The average molecular weight is 496 g/mol. The molecule has 1 aromatic carbocycles. The van der Waals surface area contributed by atoms with Gasteiger partial charge < -0.3 is 24.2 Å². The number of nitrogens with one attached hydrogen (secondary N) is 1. The summed E-state index contributed by atoms with van der Waals surface area (Å²) in [6.07, 6.45) is -1.94. The molecule has 1 unspecified atom stereocenters. The molecule has 3 saturated heterocycles. The molecule has 13 heteroatoms. The van der Waals surface area contributed by atoms with E-state index in [0.29, 0.717) is 24.1 Å². The molecule has 184 valence electrons. The fourth-order valence-corrected chi connectivity index (χ4v) is 3.97. The van der Waals surface area contributed by atoms with Gasteiger partial charge in [-0.15, -0.1) is 0 Å². The first-order valence-electron chi connectivity index (χ1n) is 10.7. The second kappa shape index (κ2) is 14.1. The Hall–Kier alpha value is -1.60. The van der Waals surface area contributed by atoms with E-state index in [0.717, 1.165) is 46.5 Å². The molecule has 1 atom stereocenters. The largest absolute Gasteiger partial charge is 1.00 e. The molecule has 3 aliphatic rings. The summed E-state index contributed by atoms with van der Waals surface area (Å²) in [7, 11) is -2.41. The Balaban J connectivity index is 0.000000364. The second-order valence-corrected chi connectivity index (χ2v) is 8.04. The fraction of sp³-hybridized carbons (Fsp3) is 0.571. The van der Waals surface area contributed by atoms with Crippen molar-refractivity contribution in [3.8, 4) is 0 Å². The third-order valence-corrected chi connectivity index (χ3v) is 5.50. The first-order chi connectivity index (χ1) is 15.5. The van der Waals surface area contributed by atoms with E-state index in [1.807, 2.05) is 0 Å². The smallest absolute Gasteiger partial charge is 0.625 e. The summed E-state index contributed by atoms with van der Waals surface area (Å²) in [4.78, 5) is 33.7. The number of benzene rings is 1. The molecule has 3 aliphatic heterocycles. The van der Waals surface area contributed by atoms with E-state index in [4.69, 9.17) is 0 Å². The van der Waals surface area contributed by atoms with Gasteiger partial charge >= 0.3 is 43.1 Å². The van der Waals surface area contributed by atoms with Crippen molar-refractivity contribution < 1.29 is 71.1 Å². The fourth-order valence-electron chi connectivity index (χ4n) is 3.97. The topological polar surface area (TPSA) is 94.2 Å². The van der Waals surface area contributed by atoms with Crippen LogP contribution in [0.3, 0.4) is 0 Å². The van der Waals surface area contributed by atoms with Crippen LogP contribution in [-0.4, -0.2) is 55.8 Å². The van der Waals surface area contributed by atoms with Gasteiger partial charge in [-0.3, -0.25) is 14.4 Å². The molecule has 4 rings (SSSR count). The van der Waals surface area contributed by atoms with E-state index in [1.165, 1.54) is 18.9 Å². The van der Waals surface area contributed by atoms with E-state index in [-0.39, 0.29) is 29.6 Å². The van der Waals surface area contributed by atoms with Crippen molar-refractivity contribution in [2.45, 2.75) is 52.4 Å². The van der Waals surface area contributed by atoms with Crippen LogP contribution in [0.5, 0.6) is 0 Å². The number of nitrogens with zero attached hydrogens (tertiary/aromatic N) is 1. The van der Waals surface area contributed by atoms with Crippen LogP contribution in [0, 0.1) is 5.92 Å². The van der Waals surface area contributed by atoms with Crippen LogP contribution in [0.2, 0.25) is 0 Å². The summed E-state index contributed by atoms with van der Waals surface area (Å²) in [6.45, 7) is 6.90. The van der Waals surface area contributed by atoms with Crippen molar-refractivity contribution in [3.05, 3.63) is 35.4 Å². The Morgan fingerprint density at radius 2 is 1.50 bits per heavy atom. The van der Waals surface area contributed by atoms with Crippen molar-refractivity contribution in [2.24, 2.45) is 5.92 Å². The molecule has 2 bridgehead atoms. The zero-order chi connectivity index (χ0) is 24.6. The molecule has 34 heavy (non-hydrogen) atoms. The van der Waals surface area contributed by atoms with Gasteiger partial charge in [0.2, 0.25) is 0 Å². The number of rotatable bonds is 6. The maximum atomic E-state index is 12.9. The molecule has 0 amide bonds. The average Bonchev–Trinajstić information content (AvgIpc) is 2.72. The second-order valence-electron chi connectivity index (χ2n) is 8.04. The minimum absolute atomic E-state index is 0. The van der Waals surface area contributed by atoms with Crippen molar-refractivity contribution in [1.29, 1.82) is 0 Å². The predicted octanol–water partition coefficient (Wildman–Crippen LogP) is -0.714. The van der Waals surface area contributed by atoms with Gasteiger partial charge in [0, 0.05) is 39.9 Å². The summed E-state index contributed by atoms with van der Waals surface area (Å²) < 4.78 is 52.1. The third-order valence-electron chi connectivity index (χ3n) is 5.50. The monoisotopic (exact) mass is 496 g/mol. The van der Waals surface area contributed by atoms with Gasteiger partial charge in [-0.2, -0.15) is 13.2 Å². The predicted molar refractivity (Wildman–Crippen MR) is 114 cm³/mol. The molecule has 0 aliphatic carbocycles. The van der Waals surface area contributed by atoms with Gasteiger partial charge in [0.15, 0.2) is 0 Å². The Morgan fingerprint density at radius 3 is 1.91 bits per heavy atom. The van der Waals surface area contributed by atoms with E-state index >= 15 is 0 Å². The van der Waals surface area contributed by atoms with Crippen LogP contribution in [0.1, 0.15) is 44.7 Å². The van der Waals surface area contributed by atoms with Gasteiger partial charge in [0.25, 0.3) is 17.9 Å². The number of hydrogen-bond acceptors (Lipinski definition) is 8. The van der Waals surface area contributed by atoms with Crippen molar-refractivity contribution in [2.75, 3.05) is 19.6 Å². The number of halogens is 3.